The Bertz CT molecular complexity index is 374. The number of ether oxygens (including phenoxy) is 1. The van der Waals surface area contributed by atoms with E-state index in [0.29, 0.717) is 6.61 Å². The van der Waals surface area contributed by atoms with Crippen molar-refractivity contribution >= 4 is 11.5 Å². The molecule has 86 valence electrons. The number of aliphatic imine (C=N–C) groups is 1. The molecule has 0 aliphatic carbocycles. The molecule has 0 spiro atoms. The van der Waals surface area contributed by atoms with Gasteiger partial charge in [0.25, 0.3) is 0 Å². The van der Waals surface area contributed by atoms with Gasteiger partial charge in [-0.15, -0.1) is 0 Å². The average molecular weight is 218 g/mol. The summed E-state index contributed by atoms with van der Waals surface area (Å²) in [6.45, 7) is 3.64. The van der Waals surface area contributed by atoms with Crippen molar-refractivity contribution in [1.82, 2.24) is 0 Å². The van der Waals surface area contributed by atoms with Crippen LogP contribution in [0.1, 0.15) is 26.2 Å². The Kier molecular flexibility index (Phi) is 3.81. The number of anilines is 1. The van der Waals surface area contributed by atoms with Crippen LogP contribution in [0.4, 0.5) is 5.69 Å². The lowest BCUT2D eigenvalue weighted by Crippen LogP contribution is -2.16. The fraction of sp³-hybridized carbons (Fsp3) is 0.462. The van der Waals surface area contributed by atoms with Gasteiger partial charge in [-0.05, 0) is 31.9 Å². The van der Waals surface area contributed by atoms with Crippen molar-refractivity contribution in [2.75, 3.05) is 18.5 Å². The van der Waals surface area contributed by atoms with Gasteiger partial charge in [-0.2, -0.15) is 0 Å². The molecule has 0 saturated heterocycles. The van der Waals surface area contributed by atoms with E-state index in [1.54, 1.807) is 0 Å². The first-order valence-electron chi connectivity index (χ1n) is 5.91. The Morgan fingerprint density at radius 2 is 2.31 bits per heavy atom. The molecule has 0 fully saturated rings. The van der Waals surface area contributed by atoms with Crippen LogP contribution >= 0.6 is 0 Å². The molecule has 0 atom stereocenters. The lowest BCUT2D eigenvalue weighted by molar-refractivity contribution is 0.340. The number of hydrogen-bond donors (Lipinski definition) is 1. The van der Waals surface area contributed by atoms with Gasteiger partial charge in [-0.1, -0.05) is 6.07 Å². The van der Waals surface area contributed by atoms with Crippen molar-refractivity contribution in [3.05, 3.63) is 24.3 Å². The molecule has 3 nitrogen and oxygen atoms in total. The third-order valence-corrected chi connectivity index (χ3v) is 2.56. The first-order chi connectivity index (χ1) is 7.88. The number of hydrogen-bond acceptors (Lipinski definition) is 3. The maximum Gasteiger partial charge on any atom is 0.121 e. The number of benzene rings is 1. The van der Waals surface area contributed by atoms with Crippen molar-refractivity contribution in [3.8, 4) is 5.75 Å². The van der Waals surface area contributed by atoms with E-state index < -0.39 is 0 Å². The van der Waals surface area contributed by atoms with Crippen LogP contribution in [0.2, 0.25) is 0 Å². The molecule has 1 heterocycles. The summed E-state index contributed by atoms with van der Waals surface area (Å²) in [4.78, 5) is 4.47. The Hall–Kier alpha value is -1.51. The van der Waals surface area contributed by atoms with Crippen LogP contribution in [0.5, 0.6) is 5.75 Å². The van der Waals surface area contributed by atoms with Gasteiger partial charge in [0.05, 0.1) is 6.61 Å². The Morgan fingerprint density at radius 1 is 1.38 bits per heavy atom. The van der Waals surface area contributed by atoms with E-state index >= 15 is 0 Å². The van der Waals surface area contributed by atoms with Gasteiger partial charge in [0, 0.05) is 24.7 Å². The highest BCUT2D eigenvalue weighted by atomic mass is 16.5. The quantitative estimate of drug-likeness (QED) is 0.845. The molecule has 0 unspecified atom stereocenters. The van der Waals surface area contributed by atoms with Crippen molar-refractivity contribution in [2.45, 2.75) is 26.2 Å². The molecule has 2 rings (SSSR count). The second kappa shape index (κ2) is 5.54. The van der Waals surface area contributed by atoms with Crippen LogP contribution in [-0.2, 0) is 0 Å². The van der Waals surface area contributed by atoms with E-state index in [1.165, 1.54) is 12.8 Å². The smallest absolute Gasteiger partial charge is 0.121 e. The van der Waals surface area contributed by atoms with Gasteiger partial charge < -0.3 is 10.1 Å². The molecule has 3 heteroatoms. The number of nitrogens with one attached hydrogen (secondary N) is 1. The van der Waals surface area contributed by atoms with E-state index in [2.05, 4.69) is 10.3 Å². The van der Waals surface area contributed by atoms with E-state index in [1.807, 2.05) is 31.2 Å². The monoisotopic (exact) mass is 218 g/mol. The molecule has 1 N–H and O–H groups in total. The van der Waals surface area contributed by atoms with Gasteiger partial charge in [0.2, 0.25) is 0 Å². The highest BCUT2D eigenvalue weighted by Gasteiger charge is 2.05. The normalized spacial score (nSPS) is 15.4. The molecule has 1 aromatic carbocycles. The summed E-state index contributed by atoms with van der Waals surface area (Å²) in [6, 6.07) is 8.02. The van der Waals surface area contributed by atoms with Crippen LogP contribution < -0.4 is 10.1 Å². The van der Waals surface area contributed by atoms with E-state index in [4.69, 9.17) is 4.74 Å². The molecule has 1 aliphatic rings. The summed E-state index contributed by atoms with van der Waals surface area (Å²) in [5, 5.41) is 3.35. The fourth-order valence-electron chi connectivity index (χ4n) is 1.80. The second-order valence-corrected chi connectivity index (χ2v) is 3.87. The lowest BCUT2D eigenvalue weighted by Gasteiger charge is -2.14. The van der Waals surface area contributed by atoms with Gasteiger partial charge in [-0.3, -0.25) is 4.99 Å². The molecule has 0 saturated carbocycles. The summed E-state index contributed by atoms with van der Waals surface area (Å²) in [7, 11) is 0. The molecule has 0 bridgehead atoms. The van der Waals surface area contributed by atoms with Crippen LogP contribution in [0.15, 0.2) is 29.3 Å². The summed E-state index contributed by atoms with van der Waals surface area (Å²) in [5.74, 6) is 2.00. The summed E-state index contributed by atoms with van der Waals surface area (Å²) in [6.07, 6.45) is 3.50. The standard InChI is InChI=1S/C13H18N2O/c1-2-16-12-7-5-6-11(10-12)15-13-8-3-4-9-14-13/h5-7,10H,2-4,8-9H2,1H3,(H,14,15). The Balaban J connectivity index is 2.02. The third-order valence-electron chi connectivity index (χ3n) is 2.56. The van der Waals surface area contributed by atoms with E-state index in [9.17, 15) is 0 Å². The highest BCUT2D eigenvalue weighted by molar-refractivity contribution is 5.95. The molecule has 16 heavy (non-hydrogen) atoms. The second-order valence-electron chi connectivity index (χ2n) is 3.87. The van der Waals surface area contributed by atoms with Gasteiger partial charge in [0.1, 0.15) is 11.6 Å². The molecule has 0 amide bonds. The predicted octanol–water partition coefficient (Wildman–Crippen LogP) is 3.08. The minimum absolute atomic E-state index is 0.699. The average Bonchev–Trinajstić information content (AvgIpc) is 2.31. The number of rotatable bonds is 3. The number of nitrogens with zero attached hydrogens (tertiary/aromatic N) is 1. The van der Waals surface area contributed by atoms with Crippen molar-refractivity contribution < 1.29 is 4.74 Å². The van der Waals surface area contributed by atoms with Crippen LogP contribution in [-0.4, -0.2) is 19.0 Å². The van der Waals surface area contributed by atoms with Gasteiger partial charge in [-0.25, -0.2) is 0 Å². The van der Waals surface area contributed by atoms with Crippen molar-refractivity contribution in [3.63, 3.8) is 0 Å². The van der Waals surface area contributed by atoms with E-state index in [-0.39, 0.29) is 0 Å². The first-order valence-corrected chi connectivity index (χ1v) is 5.91. The van der Waals surface area contributed by atoms with Crippen LogP contribution in [0.3, 0.4) is 0 Å². The van der Waals surface area contributed by atoms with Gasteiger partial charge >= 0.3 is 0 Å². The summed E-state index contributed by atoms with van der Waals surface area (Å²) < 4.78 is 5.46. The molecule has 0 aromatic heterocycles. The number of amidine groups is 1. The topological polar surface area (TPSA) is 33.6 Å². The fourth-order valence-corrected chi connectivity index (χ4v) is 1.80. The molecule has 1 aromatic rings. The summed E-state index contributed by atoms with van der Waals surface area (Å²) >= 11 is 0. The Morgan fingerprint density at radius 3 is 3.06 bits per heavy atom. The zero-order valence-electron chi connectivity index (χ0n) is 9.70. The summed E-state index contributed by atoms with van der Waals surface area (Å²) in [5.41, 5.74) is 1.06. The van der Waals surface area contributed by atoms with Crippen LogP contribution in [0, 0.1) is 0 Å². The third kappa shape index (κ3) is 2.99. The van der Waals surface area contributed by atoms with Crippen molar-refractivity contribution in [1.29, 1.82) is 0 Å². The zero-order valence-corrected chi connectivity index (χ0v) is 9.70. The first kappa shape index (κ1) is 11.0. The molecular weight excluding hydrogens is 200 g/mol. The largest absolute Gasteiger partial charge is 0.494 e. The van der Waals surface area contributed by atoms with Crippen molar-refractivity contribution in [2.24, 2.45) is 4.99 Å². The SMILES string of the molecule is CCOc1cccc(NC2=NCCCC2)c1. The predicted molar refractivity (Wildman–Crippen MR) is 67.4 cm³/mol. The van der Waals surface area contributed by atoms with Gasteiger partial charge in [0.15, 0.2) is 0 Å². The maximum atomic E-state index is 5.46. The Labute approximate surface area is 96.5 Å². The van der Waals surface area contributed by atoms with Crippen LogP contribution in [0.25, 0.3) is 0 Å². The minimum Gasteiger partial charge on any atom is -0.494 e. The molecule has 1 aliphatic heterocycles. The highest BCUT2D eigenvalue weighted by Crippen LogP contribution is 2.18. The minimum atomic E-state index is 0.699. The zero-order chi connectivity index (χ0) is 11.2. The molecular formula is C13H18N2O. The maximum absolute atomic E-state index is 5.46. The van der Waals surface area contributed by atoms with E-state index in [0.717, 1.165) is 30.2 Å². The lowest BCUT2D eigenvalue weighted by atomic mass is 10.2. The molecule has 0 radical (unpaired) electrons.